The molecule has 0 aliphatic rings. The normalized spacial score (nSPS) is 13.6. The van der Waals surface area contributed by atoms with E-state index in [2.05, 4.69) is 57.2 Å². The highest BCUT2D eigenvalue weighted by Gasteiger charge is 2.28. The maximum atomic E-state index is 12.9. The number of carbonyl (C=O) groups excluding carboxylic acids is 3. The molecule has 0 saturated carbocycles. The summed E-state index contributed by atoms with van der Waals surface area (Å²) < 4.78 is 39.5. The number of hydrogen-bond acceptors (Lipinski definition) is 10. The van der Waals surface area contributed by atoms with Crippen LogP contribution in [0.2, 0.25) is 0 Å². The number of allylic oxidation sites excluding steroid dienone is 6. The second kappa shape index (κ2) is 53.0. The van der Waals surface area contributed by atoms with Gasteiger partial charge >= 0.3 is 25.7 Å². The summed E-state index contributed by atoms with van der Waals surface area (Å²) in [7, 11) is -4.75. The number of aliphatic hydroxyl groups excluding tert-OH is 1. The average Bonchev–Trinajstić information content (AvgIpc) is 3.35. The van der Waals surface area contributed by atoms with Crippen LogP contribution in [0.15, 0.2) is 36.5 Å². The first-order chi connectivity index (χ1) is 34.2. The van der Waals surface area contributed by atoms with Crippen LogP contribution in [-0.2, 0) is 42.2 Å². The summed E-state index contributed by atoms with van der Waals surface area (Å²) in [6.45, 7) is 4.61. The van der Waals surface area contributed by atoms with E-state index < -0.39 is 57.8 Å². The van der Waals surface area contributed by atoms with Crippen LogP contribution in [0.1, 0.15) is 278 Å². The maximum Gasteiger partial charge on any atom is 0.472 e. The summed E-state index contributed by atoms with van der Waals surface area (Å²) in [5, 5.41) is 9.80. The van der Waals surface area contributed by atoms with Crippen LogP contribution >= 0.6 is 7.82 Å². The zero-order valence-electron chi connectivity index (χ0n) is 45.2. The summed E-state index contributed by atoms with van der Waals surface area (Å²) in [6, 6.07) is 0. The predicted molar refractivity (Wildman–Crippen MR) is 289 cm³/mol. The monoisotopic (exact) mass is 1010 g/mol. The molecule has 0 spiro atoms. The van der Waals surface area contributed by atoms with E-state index in [1.54, 1.807) is 0 Å². The van der Waals surface area contributed by atoms with Gasteiger partial charge in [0, 0.05) is 19.3 Å². The summed E-state index contributed by atoms with van der Waals surface area (Å²) in [4.78, 5) is 48.5. The molecule has 70 heavy (non-hydrogen) atoms. The fourth-order valence-corrected chi connectivity index (χ4v) is 8.83. The molecule has 0 saturated heterocycles. The Balaban J connectivity index is 4.72. The third-order valence-electron chi connectivity index (χ3n) is 12.5. The lowest BCUT2D eigenvalue weighted by Gasteiger charge is -2.21. The molecule has 12 heteroatoms. The summed E-state index contributed by atoms with van der Waals surface area (Å²) in [6.07, 6.45) is 53.8. The van der Waals surface area contributed by atoms with Gasteiger partial charge in [-0.1, -0.05) is 198 Å². The number of ether oxygens (including phenoxy) is 3. The molecular formula is C58H107O11P. The lowest BCUT2D eigenvalue weighted by molar-refractivity contribution is -0.161. The van der Waals surface area contributed by atoms with Crippen molar-refractivity contribution in [1.29, 1.82) is 0 Å². The Morgan fingerprint density at radius 3 is 1.00 bits per heavy atom. The minimum Gasteiger partial charge on any atom is -0.462 e. The molecule has 0 radical (unpaired) electrons. The van der Waals surface area contributed by atoms with E-state index in [0.717, 1.165) is 103 Å². The van der Waals surface area contributed by atoms with Crippen molar-refractivity contribution in [2.45, 2.75) is 290 Å². The third kappa shape index (κ3) is 50.6. The van der Waals surface area contributed by atoms with Crippen molar-refractivity contribution in [2.75, 3.05) is 26.4 Å². The van der Waals surface area contributed by atoms with Crippen molar-refractivity contribution in [3.05, 3.63) is 36.5 Å². The molecule has 0 amide bonds. The number of hydrogen-bond donors (Lipinski definition) is 2. The fourth-order valence-electron chi connectivity index (χ4n) is 8.05. The Morgan fingerprint density at radius 2 is 0.657 bits per heavy atom. The summed E-state index contributed by atoms with van der Waals surface area (Å²) >= 11 is 0. The van der Waals surface area contributed by atoms with Crippen molar-refractivity contribution in [1.82, 2.24) is 0 Å². The van der Waals surface area contributed by atoms with Crippen LogP contribution in [0.4, 0.5) is 0 Å². The maximum absolute atomic E-state index is 12.9. The third-order valence-corrected chi connectivity index (χ3v) is 13.5. The van der Waals surface area contributed by atoms with Gasteiger partial charge in [0.2, 0.25) is 0 Å². The lowest BCUT2D eigenvalue weighted by atomic mass is 10.1. The number of esters is 3. The van der Waals surface area contributed by atoms with Crippen LogP contribution in [0, 0.1) is 0 Å². The first kappa shape index (κ1) is 67.7. The predicted octanol–water partition coefficient (Wildman–Crippen LogP) is 16.8. The van der Waals surface area contributed by atoms with Gasteiger partial charge in [-0.3, -0.25) is 23.4 Å². The first-order valence-electron chi connectivity index (χ1n) is 28.9. The summed E-state index contributed by atoms with van der Waals surface area (Å²) in [5.41, 5.74) is 0. The molecule has 0 fully saturated rings. The number of rotatable bonds is 54. The van der Waals surface area contributed by atoms with Crippen molar-refractivity contribution in [3.63, 3.8) is 0 Å². The van der Waals surface area contributed by atoms with Crippen molar-refractivity contribution in [3.8, 4) is 0 Å². The van der Waals surface area contributed by atoms with Gasteiger partial charge in [-0.05, 0) is 96.3 Å². The van der Waals surface area contributed by atoms with Crippen molar-refractivity contribution < 1.29 is 52.2 Å². The average molecular weight is 1010 g/mol. The summed E-state index contributed by atoms with van der Waals surface area (Å²) in [5.74, 6) is -1.47. The van der Waals surface area contributed by atoms with Gasteiger partial charge in [0.05, 0.1) is 19.8 Å². The minimum absolute atomic E-state index is 0.163. The molecule has 3 atom stereocenters. The number of phosphoric acid groups is 1. The van der Waals surface area contributed by atoms with Crippen molar-refractivity contribution in [2.24, 2.45) is 0 Å². The van der Waals surface area contributed by atoms with Crippen molar-refractivity contribution >= 4 is 25.7 Å². The molecule has 0 rings (SSSR count). The van der Waals surface area contributed by atoms with Crippen LogP contribution in [0.3, 0.4) is 0 Å². The Bertz CT molecular complexity index is 1320. The van der Waals surface area contributed by atoms with Gasteiger partial charge in [0.15, 0.2) is 6.10 Å². The number of phosphoric ester groups is 1. The largest absolute Gasteiger partial charge is 0.472 e. The molecule has 0 heterocycles. The molecule has 410 valence electrons. The van der Waals surface area contributed by atoms with E-state index in [1.807, 2.05) is 0 Å². The van der Waals surface area contributed by atoms with Crippen LogP contribution < -0.4 is 0 Å². The molecular weight excluding hydrogens is 904 g/mol. The van der Waals surface area contributed by atoms with Crippen LogP contribution in [0.5, 0.6) is 0 Å². The molecule has 0 aromatic carbocycles. The standard InChI is InChI=1S/C58H107O11P/c1-4-7-10-13-16-19-22-25-26-27-28-31-34-37-40-43-46-49-58(62)69-55(51-65-56(60)47-44-41-38-35-32-29-23-20-17-14-11-8-5-2)53-67-70(63,64)66-52-54(50-59)68-57(61)48-45-42-39-36-33-30-24-21-18-15-12-9-6-3/h20-21,23-26,54-55,59H,4-19,22,27-53H2,1-3H3,(H,63,64)/b23-20-,24-21-,26-25-. The Morgan fingerprint density at radius 1 is 0.386 bits per heavy atom. The topological polar surface area (TPSA) is 155 Å². The van der Waals surface area contributed by atoms with Gasteiger partial charge in [0.25, 0.3) is 0 Å². The highest BCUT2D eigenvalue weighted by molar-refractivity contribution is 7.47. The second-order valence-corrected chi connectivity index (χ2v) is 20.9. The van der Waals surface area contributed by atoms with Crippen LogP contribution in [0.25, 0.3) is 0 Å². The van der Waals surface area contributed by atoms with E-state index in [1.165, 1.54) is 116 Å². The molecule has 0 aliphatic carbocycles. The number of unbranched alkanes of at least 4 members (excludes halogenated alkanes) is 31. The Kier molecular flexibility index (Phi) is 51.3. The van der Waals surface area contributed by atoms with E-state index in [4.69, 9.17) is 23.3 Å². The molecule has 0 aliphatic heterocycles. The molecule has 0 bridgehead atoms. The smallest absolute Gasteiger partial charge is 0.462 e. The van der Waals surface area contributed by atoms with Gasteiger partial charge in [0.1, 0.15) is 12.7 Å². The van der Waals surface area contributed by atoms with Gasteiger partial charge in [-0.25, -0.2) is 4.57 Å². The number of aliphatic hydroxyl groups is 1. The molecule has 11 nitrogen and oxygen atoms in total. The van der Waals surface area contributed by atoms with Gasteiger partial charge in [-0.2, -0.15) is 0 Å². The van der Waals surface area contributed by atoms with E-state index in [9.17, 15) is 28.9 Å². The molecule has 3 unspecified atom stereocenters. The van der Waals surface area contributed by atoms with E-state index >= 15 is 0 Å². The van der Waals surface area contributed by atoms with Gasteiger partial charge in [-0.15, -0.1) is 0 Å². The second-order valence-electron chi connectivity index (χ2n) is 19.4. The first-order valence-corrected chi connectivity index (χ1v) is 30.4. The van der Waals surface area contributed by atoms with E-state index in [-0.39, 0.29) is 25.9 Å². The molecule has 0 aromatic heterocycles. The Labute approximate surface area is 429 Å². The van der Waals surface area contributed by atoms with Gasteiger partial charge < -0.3 is 24.2 Å². The highest BCUT2D eigenvalue weighted by atomic mass is 31.2. The molecule has 2 N–H and O–H groups in total. The lowest BCUT2D eigenvalue weighted by Crippen LogP contribution is -2.30. The zero-order valence-corrected chi connectivity index (χ0v) is 46.1. The quantitative estimate of drug-likeness (QED) is 0.0197. The molecule has 0 aromatic rings. The Hall–Kier alpha value is -2.30. The fraction of sp³-hybridized carbons (Fsp3) is 0.845. The van der Waals surface area contributed by atoms with Crippen LogP contribution in [-0.4, -0.2) is 66.5 Å². The zero-order chi connectivity index (χ0) is 51.3. The SMILES string of the molecule is CCCCCC/C=C\CCCCCCCC(=O)OCC(COP(=O)(O)OCC(CO)OC(=O)CCCCCCC/C=C\CCCCCC)OC(=O)CCCCCCCCC/C=C\CCCCCCCC. The number of carbonyl (C=O) groups is 3. The minimum atomic E-state index is -4.75. The van der Waals surface area contributed by atoms with E-state index in [0.29, 0.717) is 19.3 Å². The highest BCUT2D eigenvalue weighted by Crippen LogP contribution is 2.43.